The van der Waals surface area contributed by atoms with E-state index in [4.69, 9.17) is 10.5 Å². The van der Waals surface area contributed by atoms with Crippen molar-refractivity contribution in [2.75, 3.05) is 12.3 Å². The van der Waals surface area contributed by atoms with Crippen LogP contribution in [0.1, 0.15) is 31.4 Å². The fraction of sp³-hybridized carbons (Fsp3) is 0.562. The normalized spacial score (nSPS) is 29.5. The van der Waals surface area contributed by atoms with E-state index in [0.29, 0.717) is 12.5 Å². The lowest BCUT2D eigenvalue weighted by Crippen LogP contribution is -2.41. The van der Waals surface area contributed by atoms with Crippen molar-refractivity contribution in [3.05, 3.63) is 28.2 Å². The molecule has 0 radical (unpaired) electrons. The summed E-state index contributed by atoms with van der Waals surface area (Å²) >= 11 is 5.38. The third-order valence-corrected chi connectivity index (χ3v) is 6.21. The zero-order valence-electron chi connectivity index (χ0n) is 13.0. The van der Waals surface area contributed by atoms with Gasteiger partial charge in [-0.1, -0.05) is 22.9 Å². The van der Waals surface area contributed by atoms with E-state index in [0.717, 1.165) is 23.1 Å². The summed E-state index contributed by atoms with van der Waals surface area (Å²) in [5, 5.41) is 3.20. The number of rotatable bonds is 3. The van der Waals surface area contributed by atoms with Gasteiger partial charge in [0.2, 0.25) is 5.91 Å². The Bertz CT molecular complexity index is 575. The van der Waals surface area contributed by atoms with E-state index in [1.807, 2.05) is 17.8 Å². The standard InChI is InChI=1S/C16H21BrN2O2S.ClH/c1-9-8-22-14-5-2-10(17)6-12(14)15(9)19-16(20)13-4-3-11(7-18)21-13;/h2,5-6,9,11,13,15H,3-4,7-8,18H2,1H3,(H,19,20);1H/t9?,11-,13+,15?;/m1./s1. The maximum atomic E-state index is 12.5. The molecule has 2 aliphatic rings. The van der Waals surface area contributed by atoms with Crippen molar-refractivity contribution in [3.8, 4) is 0 Å². The Labute approximate surface area is 155 Å². The van der Waals surface area contributed by atoms with Gasteiger partial charge in [0.25, 0.3) is 0 Å². The number of halogens is 2. The van der Waals surface area contributed by atoms with Crippen molar-refractivity contribution < 1.29 is 9.53 Å². The predicted octanol–water partition coefficient (Wildman–Crippen LogP) is 3.28. The summed E-state index contributed by atoms with van der Waals surface area (Å²) in [6, 6.07) is 6.32. The van der Waals surface area contributed by atoms with Gasteiger partial charge in [-0.3, -0.25) is 4.79 Å². The highest BCUT2D eigenvalue weighted by Crippen LogP contribution is 2.40. The molecule has 2 unspecified atom stereocenters. The molecule has 1 aromatic carbocycles. The number of nitrogens with one attached hydrogen (secondary N) is 1. The van der Waals surface area contributed by atoms with Crippen LogP contribution in [-0.4, -0.2) is 30.4 Å². The SMILES string of the molecule is CC1CSc2ccc(Br)cc2C1NC(=O)[C@@H]1CC[C@H](CN)O1.Cl. The van der Waals surface area contributed by atoms with Gasteiger partial charge < -0.3 is 15.8 Å². The smallest absolute Gasteiger partial charge is 0.249 e. The van der Waals surface area contributed by atoms with E-state index in [-0.39, 0.29) is 36.6 Å². The van der Waals surface area contributed by atoms with Crippen LogP contribution in [-0.2, 0) is 9.53 Å². The molecule has 4 nitrogen and oxygen atoms in total. The van der Waals surface area contributed by atoms with E-state index in [9.17, 15) is 4.79 Å². The van der Waals surface area contributed by atoms with Gasteiger partial charge in [0.05, 0.1) is 12.1 Å². The first kappa shape index (κ1) is 19.1. The van der Waals surface area contributed by atoms with Crippen LogP contribution in [0, 0.1) is 5.92 Å². The van der Waals surface area contributed by atoms with E-state index in [1.54, 1.807) is 0 Å². The Morgan fingerprint density at radius 3 is 2.96 bits per heavy atom. The Morgan fingerprint density at radius 1 is 1.48 bits per heavy atom. The van der Waals surface area contributed by atoms with Crippen LogP contribution in [0.15, 0.2) is 27.6 Å². The van der Waals surface area contributed by atoms with E-state index in [1.165, 1.54) is 10.5 Å². The minimum absolute atomic E-state index is 0. The number of ether oxygens (including phenoxy) is 1. The van der Waals surface area contributed by atoms with Gasteiger partial charge >= 0.3 is 0 Å². The summed E-state index contributed by atoms with van der Waals surface area (Å²) in [7, 11) is 0. The van der Waals surface area contributed by atoms with Gasteiger partial charge in [-0.2, -0.15) is 0 Å². The molecular formula is C16H22BrClN2O2S. The number of nitrogens with two attached hydrogens (primary N) is 1. The molecule has 3 N–H and O–H groups in total. The van der Waals surface area contributed by atoms with Crippen molar-refractivity contribution in [2.45, 2.75) is 42.9 Å². The first-order valence-corrected chi connectivity index (χ1v) is 9.44. The van der Waals surface area contributed by atoms with Gasteiger partial charge in [-0.05, 0) is 42.5 Å². The van der Waals surface area contributed by atoms with E-state index < -0.39 is 0 Å². The van der Waals surface area contributed by atoms with Crippen molar-refractivity contribution in [1.82, 2.24) is 5.32 Å². The minimum atomic E-state index is -0.356. The molecule has 128 valence electrons. The molecule has 4 atom stereocenters. The van der Waals surface area contributed by atoms with E-state index in [2.05, 4.69) is 40.3 Å². The summed E-state index contributed by atoms with van der Waals surface area (Å²) < 4.78 is 6.75. The summed E-state index contributed by atoms with van der Waals surface area (Å²) in [4.78, 5) is 13.8. The molecular weight excluding hydrogens is 400 g/mol. The Balaban J connectivity index is 0.00000192. The molecule has 0 spiro atoms. The zero-order valence-corrected chi connectivity index (χ0v) is 16.2. The Kier molecular flexibility index (Phi) is 6.80. The number of carbonyl (C=O) groups is 1. The first-order chi connectivity index (χ1) is 10.6. The third kappa shape index (κ3) is 4.23. The second-order valence-corrected chi connectivity index (χ2v) is 7.99. The lowest BCUT2D eigenvalue weighted by molar-refractivity contribution is -0.133. The van der Waals surface area contributed by atoms with Crippen LogP contribution in [0.25, 0.3) is 0 Å². The highest BCUT2D eigenvalue weighted by molar-refractivity contribution is 9.10. The number of benzene rings is 1. The topological polar surface area (TPSA) is 64.4 Å². The number of thioether (sulfide) groups is 1. The molecule has 1 saturated heterocycles. The van der Waals surface area contributed by atoms with Crippen LogP contribution in [0.4, 0.5) is 0 Å². The van der Waals surface area contributed by atoms with Crippen molar-refractivity contribution in [2.24, 2.45) is 11.7 Å². The fourth-order valence-electron chi connectivity index (χ4n) is 3.06. The van der Waals surface area contributed by atoms with Gasteiger partial charge in [0, 0.05) is 21.7 Å². The highest BCUT2D eigenvalue weighted by Gasteiger charge is 2.34. The molecule has 2 aliphatic heterocycles. The highest BCUT2D eigenvalue weighted by atomic mass is 79.9. The van der Waals surface area contributed by atoms with Gasteiger partial charge in [-0.25, -0.2) is 0 Å². The van der Waals surface area contributed by atoms with Crippen molar-refractivity contribution in [3.63, 3.8) is 0 Å². The molecule has 0 aliphatic carbocycles. The van der Waals surface area contributed by atoms with Crippen molar-refractivity contribution >= 4 is 46.0 Å². The summed E-state index contributed by atoms with van der Waals surface area (Å²) in [6.45, 7) is 2.66. The quantitative estimate of drug-likeness (QED) is 0.786. The monoisotopic (exact) mass is 420 g/mol. The maximum absolute atomic E-state index is 12.5. The van der Waals surface area contributed by atoms with Gasteiger partial charge in [0.1, 0.15) is 6.10 Å². The van der Waals surface area contributed by atoms with Crippen LogP contribution >= 0.6 is 40.1 Å². The predicted molar refractivity (Wildman–Crippen MR) is 99.1 cm³/mol. The molecule has 7 heteroatoms. The van der Waals surface area contributed by atoms with Crippen molar-refractivity contribution in [1.29, 1.82) is 0 Å². The molecule has 0 bridgehead atoms. The minimum Gasteiger partial charge on any atom is -0.364 e. The number of carbonyl (C=O) groups excluding carboxylic acids is 1. The number of amides is 1. The van der Waals surface area contributed by atoms with Crippen LogP contribution < -0.4 is 11.1 Å². The summed E-state index contributed by atoms with van der Waals surface area (Å²) in [5.41, 5.74) is 6.81. The summed E-state index contributed by atoms with van der Waals surface area (Å²) in [6.07, 6.45) is 1.30. The average molecular weight is 422 g/mol. The van der Waals surface area contributed by atoms with E-state index >= 15 is 0 Å². The second kappa shape index (κ2) is 8.21. The van der Waals surface area contributed by atoms with Crippen LogP contribution in [0.2, 0.25) is 0 Å². The third-order valence-electron chi connectivity index (χ3n) is 4.34. The number of fused-ring (bicyclic) bond motifs is 1. The molecule has 2 heterocycles. The maximum Gasteiger partial charge on any atom is 0.249 e. The first-order valence-electron chi connectivity index (χ1n) is 7.66. The molecule has 1 amide bonds. The molecule has 1 fully saturated rings. The Hall–Kier alpha value is -0.270. The molecule has 0 saturated carbocycles. The van der Waals surface area contributed by atoms with Gasteiger partial charge in [0.15, 0.2) is 0 Å². The lowest BCUT2D eigenvalue weighted by Gasteiger charge is -2.32. The second-order valence-electron chi connectivity index (χ2n) is 6.02. The Morgan fingerprint density at radius 2 is 2.26 bits per heavy atom. The molecule has 3 rings (SSSR count). The lowest BCUT2D eigenvalue weighted by atomic mass is 9.95. The van der Waals surface area contributed by atoms with Gasteiger partial charge in [-0.15, -0.1) is 24.2 Å². The number of hydrogen-bond donors (Lipinski definition) is 2. The average Bonchev–Trinajstić information content (AvgIpc) is 2.99. The molecule has 23 heavy (non-hydrogen) atoms. The summed E-state index contributed by atoms with van der Waals surface area (Å²) in [5.74, 6) is 1.39. The zero-order chi connectivity index (χ0) is 15.7. The largest absolute Gasteiger partial charge is 0.364 e. The molecule has 1 aromatic rings. The van der Waals surface area contributed by atoms with Crippen LogP contribution in [0.5, 0.6) is 0 Å². The molecule has 0 aromatic heterocycles. The fourth-order valence-corrected chi connectivity index (χ4v) is 4.59. The number of hydrogen-bond acceptors (Lipinski definition) is 4. The van der Waals surface area contributed by atoms with Crippen LogP contribution in [0.3, 0.4) is 0 Å².